The summed E-state index contributed by atoms with van der Waals surface area (Å²) in [7, 11) is -5.24. The summed E-state index contributed by atoms with van der Waals surface area (Å²) in [5, 5.41) is 3.77. The van der Waals surface area contributed by atoms with Gasteiger partial charge in [-0.3, -0.25) is 0 Å². The lowest BCUT2D eigenvalue weighted by molar-refractivity contribution is -0.110. The van der Waals surface area contributed by atoms with Gasteiger partial charge in [-0.25, -0.2) is 0 Å². The Hall–Kier alpha value is -1.62. The summed E-state index contributed by atoms with van der Waals surface area (Å²) in [6.45, 7) is 21.0. The third kappa shape index (κ3) is 8.15. The molecule has 0 saturated carbocycles. The molecular weight excluding hydrogens is 637 g/mol. The lowest BCUT2D eigenvalue weighted by Gasteiger charge is -2.51. The first kappa shape index (κ1) is 37.2. The SMILES string of the molecule is C[C@H]([C@@H](O[Si](C)(C)C(C)(C)C)[C@@H](C)CC=O)[C@@H](O[Si](c1ccccc1)(c1ccccc1)c1ccccc1)C(C)(C)C1SCCCS1. The van der Waals surface area contributed by atoms with Gasteiger partial charge in [0.25, 0.3) is 8.32 Å². The largest absolute Gasteiger partial charge is 0.413 e. The van der Waals surface area contributed by atoms with Crippen LogP contribution < -0.4 is 15.6 Å². The van der Waals surface area contributed by atoms with E-state index in [1.807, 2.05) is 0 Å². The van der Waals surface area contributed by atoms with Crippen molar-refractivity contribution >= 4 is 62.0 Å². The summed E-state index contributed by atoms with van der Waals surface area (Å²) in [5.74, 6) is 2.44. The van der Waals surface area contributed by atoms with Crippen molar-refractivity contribution in [1.82, 2.24) is 0 Å². The van der Waals surface area contributed by atoms with E-state index in [0.29, 0.717) is 11.0 Å². The second-order valence-electron chi connectivity index (χ2n) is 15.1. The molecule has 1 saturated heterocycles. The average molecular weight is 693 g/mol. The lowest BCUT2D eigenvalue weighted by atomic mass is 9.76. The molecule has 1 heterocycles. The van der Waals surface area contributed by atoms with Crippen LogP contribution in [0.5, 0.6) is 0 Å². The minimum atomic E-state index is -3.05. The van der Waals surface area contributed by atoms with Crippen molar-refractivity contribution in [2.75, 3.05) is 11.5 Å². The van der Waals surface area contributed by atoms with Crippen LogP contribution in [-0.2, 0) is 13.6 Å². The monoisotopic (exact) mass is 692 g/mol. The second kappa shape index (κ2) is 15.7. The van der Waals surface area contributed by atoms with E-state index in [-0.39, 0.29) is 34.5 Å². The van der Waals surface area contributed by atoms with E-state index in [2.05, 4.69) is 176 Å². The van der Waals surface area contributed by atoms with Crippen LogP contribution in [0.3, 0.4) is 0 Å². The molecule has 1 fully saturated rings. The third-order valence-corrected chi connectivity index (χ3v) is 22.5. The molecule has 0 radical (unpaired) electrons. The fourth-order valence-electron chi connectivity index (χ4n) is 6.62. The van der Waals surface area contributed by atoms with E-state index in [1.54, 1.807) is 0 Å². The molecule has 1 aliphatic heterocycles. The smallest absolute Gasteiger partial charge is 0.288 e. The lowest BCUT2D eigenvalue weighted by Crippen LogP contribution is -2.72. The van der Waals surface area contributed by atoms with Crippen LogP contribution >= 0.6 is 23.5 Å². The molecule has 4 atom stereocenters. The highest BCUT2D eigenvalue weighted by atomic mass is 32.2. The summed E-state index contributed by atoms with van der Waals surface area (Å²) < 4.78 is 15.9. The van der Waals surface area contributed by atoms with Gasteiger partial charge in [0.2, 0.25) is 0 Å². The van der Waals surface area contributed by atoms with Crippen LogP contribution in [0, 0.1) is 17.3 Å². The summed E-state index contributed by atoms with van der Waals surface area (Å²) in [6.07, 6.45) is 2.52. The zero-order valence-corrected chi connectivity index (χ0v) is 33.1. The second-order valence-corrected chi connectivity index (χ2v) is 26.0. The number of carbonyl (C=O) groups is 1. The first-order valence-electron chi connectivity index (χ1n) is 16.9. The fraction of sp³-hybridized carbons (Fsp3) is 0.513. The van der Waals surface area contributed by atoms with Crippen molar-refractivity contribution in [3.05, 3.63) is 91.0 Å². The van der Waals surface area contributed by atoms with Gasteiger partial charge < -0.3 is 13.6 Å². The molecule has 4 rings (SSSR count). The van der Waals surface area contributed by atoms with Crippen molar-refractivity contribution in [3.63, 3.8) is 0 Å². The molecule has 0 spiro atoms. The molecule has 0 N–H and O–H groups in total. The molecule has 0 unspecified atom stereocenters. The molecule has 0 aromatic heterocycles. The predicted molar refractivity (Wildman–Crippen MR) is 207 cm³/mol. The zero-order valence-electron chi connectivity index (χ0n) is 29.5. The van der Waals surface area contributed by atoms with Crippen molar-refractivity contribution in [1.29, 1.82) is 0 Å². The van der Waals surface area contributed by atoms with Crippen molar-refractivity contribution in [2.24, 2.45) is 17.3 Å². The molecule has 0 amide bonds. The third-order valence-electron chi connectivity index (χ3n) is 10.3. The molecule has 3 aromatic carbocycles. The molecule has 46 heavy (non-hydrogen) atoms. The van der Waals surface area contributed by atoms with Crippen LogP contribution in [-0.4, -0.2) is 51.2 Å². The van der Waals surface area contributed by atoms with Crippen molar-refractivity contribution < 1.29 is 13.6 Å². The van der Waals surface area contributed by atoms with Gasteiger partial charge in [-0.05, 0) is 57.5 Å². The Balaban J connectivity index is 1.98. The Morgan fingerprint density at radius 1 is 0.761 bits per heavy atom. The number of aldehydes is 1. The maximum atomic E-state index is 12.0. The molecular formula is C39H56O3S2Si2. The van der Waals surface area contributed by atoms with Crippen LogP contribution in [0.2, 0.25) is 18.1 Å². The summed E-state index contributed by atoms with van der Waals surface area (Å²) >= 11 is 4.17. The van der Waals surface area contributed by atoms with Gasteiger partial charge in [-0.1, -0.05) is 139 Å². The number of rotatable bonds is 14. The molecule has 7 heteroatoms. The van der Waals surface area contributed by atoms with Gasteiger partial charge in [-0.2, -0.15) is 0 Å². The van der Waals surface area contributed by atoms with E-state index < -0.39 is 16.6 Å². The quantitative estimate of drug-likeness (QED) is 0.0962. The maximum absolute atomic E-state index is 12.0. The number of thioether (sulfide) groups is 2. The number of benzene rings is 3. The van der Waals surface area contributed by atoms with Gasteiger partial charge >= 0.3 is 0 Å². The first-order chi connectivity index (χ1) is 21.8. The van der Waals surface area contributed by atoms with E-state index in [9.17, 15) is 4.79 Å². The van der Waals surface area contributed by atoms with Crippen LogP contribution in [0.15, 0.2) is 91.0 Å². The normalized spacial score (nSPS) is 18.0. The highest BCUT2D eigenvalue weighted by Crippen LogP contribution is 2.49. The Morgan fingerprint density at radius 3 is 1.59 bits per heavy atom. The van der Waals surface area contributed by atoms with E-state index in [1.165, 1.54) is 33.5 Å². The molecule has 1 aliphatic rings. The fourth-order valence-corrected chi connectivity index (χ4v) is 15.7. The van der Waals surface area contributed by atoms with Gasteiger partial charge in [0.1, 0.15) is 6.29 Å². The minimum absolute atomic E-state index is 0.0326. The summed E-state index contributed by atoms with van der Waals surface area (Å²) in [6, 6.07) is 32.8. The number of hydrogen-bond acceptors (Lipinski definition) is 5. The number of carbonyl (C=O) groups excluding carboxylic acids is 1. The Bertz CT molecular complexity index is 1260. The number of hydrogen-bond donors (Lipinski definition) is 0. The van der Waals surface area contributed by atoms with Crippen LogP contribution in [0.4, 0.5) is 0 Å². The average Bonchev–Trinajstić information content (AvgIpc) is 3.05. The molecule has 3 nitrogen and oxygen atoms in total. The van der Waals surface area contributed by atoms with Gasteiger partial charge in [0.15, 0.2) is 8.32 Å². The molecule has 3 aromatic rings. The summed E-state index contributed by atoms with van der Waals surface area (Å²) in [5.41, 5.74) is -0.193. The van der Waals surface area contributed by atoms with Crippen molar-refractivity contribution in [2.45, 2.75) is 96.2 Å². The summed E-state index contributed by atoms with van der Waals surface area (Å²) in [4.78, 5) is 12.0. The van der Waals surface area contributed by atoms with Crippen molar-refractivity contribution in [3.8, 4) is 0 Å². The molecule has 250 valence electrons. The maximum Gasteiger partial charge on any atom is 0.288 e. The Kier molecular flexibility index (Phi) is 12.7. The Labute approximate surface area is 290 Å². The predicted octanol–water partition coefficient (Wildman–Crippen LogP) is 8.51. The Morgan fingerprint density at radius 2 is 1.20 bits per heavy atom. The standard InChI is InChI=1S/C39H56O3S2Si2/c1-30(26-27-40)35(41-45(8,9)38(3,4)5)31(2)36(39(6,7)37-43-28-19-29-44-37)42-46(32-20-13-10-14-21-32,33-22-15-11-16-23-33)34-24-17-12-18-25-34/h10-18,20-25,27,30-31,35-37H,19,26,28-29H2,1-9H3/t30-,31+,35-,36+/m0/s1. The van der Waals surface area contributed by atoms with Gasteiger partial charge in [0, 0.05) is 17.8 Å². The highest BCUT2D eigenvalue weighted by molar-refractivity contribution is 8.17. The van der Waals surface area contributed by atoms with E-state index in [4.69, 9.17) is 8.85 Å². The first-order valence-corrected chi connectivity index (χ1v) is 23.9. The molecule has 0 aliphatic carbocycles. The van der Waals surface area contributed by atoms with Crippen LogP contribution in [0.25, 0.3) is 0 Å². The highest BCUT2D eigenvalue weighted by Gasteiger charge is 2.53. The zero-order chi connectivity index (χ0) is 33.6. The van der Waals surface area contributed by atoms with E-state index in [0.717, 1.165) is 6.29 Å². The van der Waals surface area contributed by atoms with E-state index >= 15 is 0 Å². The minimum Gasteiger partial charge on any atom is -0.413 e. The molecule has 0 bridgehead atoms. The van der Waals surface area contributed by atoms with Gasteiger partial charge in [0.05, 0.1) is 16.8 Å². The van der Waals surface area contributed by atoms with Crippen LogP contribution in [0.1, 0.15) is 61.3 Å². The topological polar surface area (TPSA) is 35.5 Å². The van der Waals surface area contributed by atoms with Gasteiger partial charge in [-0.15, -0.1) is 23.5 Å².